The van der Waals surface area contributed by atoms with Crippen molar-refractivity contribution in [3.05, 3.63) is 51.7 Å². The number of nitrogens with zero attached hydrogens (tertiary/aromatic N) is 2. The van der Waals surface area contributed by atoms with Crippen molar-refractivity contribution < 1.29 is 4.39 Å². The Balaban J connectivity index is 1.85. The van der Waals surface area contributed by atoms with Crippen LogP contribution in [0.1, 0.15) is 23.1 Å². The summed E-state index contributed by atoms with van der Waals surface area (Å²) in [4.78, 5) is 9.97. The fraction of sp³-hybridized carbons (Fsp3) is 0.375. The monoisotopic (exact) mass is 320 g/mol. The van der Waals surface area contributed by atoms with Gasteiger partial charge in [0.25, 0.3) is 0 Å². The maximum atomic E-state index is 12.9. The Morgan fingerprint density at radius 1 is 1.27 bits per heavy atom. The number of thiazole rings is 1. The molecule has 0 saturated heterocycles. The summed E-state index contributed by atoms with van der Waals surface area (Å²) >= 11 is 1.62. The Morgan fingerprint density at radius 2 is 2.05 bits per heavy atom. The van der Waals surface area contributed by atoms with Gasteiger partial charge in [0.05, 0.1) is 17.7 Å². The minimum atomic E-state index is -0.202. The van der Waals surface area contributed by atoms with Crippen LogP contribution in [0.3, 0.4) is 0 Å². The first-order chi connectivity index (χ1) is 10.7. The fourth-order valence-corrected chi connectivity index (χ4v) is 2.65. The molecule has 0 atom stereocenters. The van der Waals surface area contributed by atoms with Gasteiger partial charge in [0.2, 0.25) is 0 Å². The average Bonchev–Trinajstić information content (AvgIpc) is 2.92. The molecule has 0 aliphatic rings. The van der Waals surface area contributed by atoms with Crippen LogP contribution in [-0.2, 0) is 13.0 Å². The molecule has 118 valence electrons. The first-order valence-corrected chi connectivity index (χ1v) is 8.22. The van der Waals surface area contributed by atoms with Gasteiger partial charge in [-0.05, 0) is 38.0 Å². The predicted octanol–water partition coefficient (Wildman–Crippen LogP) is 2.89. The highest BCUT2D eigenvalue weighted by Crippen LogP contribution is 2.12. The van der Waals surface area contributed by atoms with E-state index in [9.17, 15) is 4.39 Å². The van der Waals surface area contributed by atoms with E-state index in [2.05, 4.69) is 20.6 Å². The number of halogens is 1. The van der Waals surface area contributed by atoms with E-state index >= 15 is 0 Å². The Hall–Kier alpha value is -1.95. The Kier molecular flexibility index (Phi) is 6.33. The van der Waals surface area contributed by atoms with Gasteiger partial charge in [0, 0.05) is 18.0 Å². The maximum Gasteiger partial charge on any atom is 0.191 e. The van der Waals surface area contributed by atoms with Gasteiger partial charge in [-0.1, -0.05) is 12.1 Å². The van der Waals surface area contributed by atoms with E-state index in [4.69, 9.17) is 0 Å². The topological polar surface area (TPSA) is 49.3 Å². The Bertz CT molecular complexity index is 607. The van der Waals surface area contributed by atoms with E-state index in [0.717, 1.165) is 36.7 Å². The lowest BCUT2D eigenvalue weighted by Gasteiger charge is -2.11. The molecule has 0 aliphatic heterocycles. The van der Waals surface area contributed by atoms with Gasteiger partial charge < -0.3 is 10.6 Å². The lowest BCUT2D eigenvalue weighted by molar-refractivity contribution is 0.626. The number of guanidine groups is 1. The minimum absolute atomic E-state index is 0.202. The van der Waals surface area contributed by atoms with E-state index in [1.54, 1.807) is 11.3 Å². The first-order valence-electron chi connectivity index (χ1n) is 7.34. The molecule has 0 unspecified atom stereocenters. The highest BCUT2D eigenvalue weighted by Gasteiger charge is 2.02. The molecule has 4 nitrogen and oxygen atoms in total. The number of aromatic nitrogens is 1. The number of rotatable bonds is 6. The predicted molar refractivity (Wildman–Crippen MR) is 89.8 cm³/mol. The molecule has 0 saturated carbocycles. The largest absolute Gasteiger partial charge is 0.357 e. The van der Waals surface area contributed by atoms with Gasteiger partial charge in [-0.15, -0.1) is 11.3 Å². The molecule has 1 aromatic carbocycles. The molecule has 22 heavy (non-hydrogen) atoms. The van der Waals surface area contributed by atoms with Crippen LogP contribution in [0.2, 0.25) is 0 Å². The molecule has 1 heterocycles. The third kappa shape index (κ3) is 5.11. The van der Waals surface area contributed by atoms with Crippen molar-refractivity contribution in [3.63, 3.8) is 0 Å². The molecule has 0 radical (unpaired) electrons. The maximum absolute atomic E-state index is 12.9. The van der Waals surface area contributed by atoms with Crippen LogP contribution in [0.25, 0.3) is 0 Å². The molecule has 1 aromatic heterocycles. The molecule has 2 N–H and O–H groups in total. The van der Waals surface area contributed by atoms with Crippen LogP contribution in [0.4, 0.5) is 4.39 Å². The summed E-state index contributed by atoms with van der Waals surface area (Å²) in [6, 6.07) is 6.59. The van der Waals surface area contributed by atoms with Crippen molar-refractivity contribution in [1.29, 1.82) is 0 Å². The molecule has 0 spiro atoms. The Morgan fingerprint density at radius 3 is 2.68 bits per heavy atom. The quantitative estimate of drug-likeness (QED) is 0.635. The van der Waals surface area contributed by atoms with E-state index in [0.29, 0.717) is 6.54 Å². The van der Waals surface area contributed by atoms with Crippen molar-refractivity contribution in [2.45, 2.75) is 26.8 Å². The number of hydrogen-bond donors (Lipinski definition) is 2. The van der Waals surface area contributed by atoms with Gasteiger partial charge in [-0.3, -0.25) is 0 Å². The summed E-state index contributed by atoms with van der Waals surface area (Å²) < 4.78 is 12.9. The summed E-state index contributed by atoms with van der Waals surface area (Å²) in [5, 5.41) is 6.52. The molecule has 0 aliphatic carbocycles. The van der Waals surface area contributed by atoms with Crippen molar-refractivity contribution >= 4 is 17.3 Å². The second-order valence-corrected chi connectivity index (χ2v) is 5.80. The third-order valence-electron chi connectivity index (χ3n) is 3.19. The second kappa shape index (κ2) is 8.48. The molecule has 6 heteroatoms. The molecule has 2 aromatic rings. The molecular formula is C16H21FN4S. The Labute approximate surface area is 134 Å². The highest BCUT2D eigenvalue weighted by molar-refractivity contribution is 7.09. The number of benzene rings is 1. The SMILES string of the molecule is CCNC(=NCc1scnc1C)NCCc1ccc(F)cc1. The zero-order valence-corrected chi connectivity index (χ0v) is 13.7. The number of nitrogens with one attached hydrogen (secondary N) is 2. The smallest absolute Gasteiger partial charge is 0.191 e. The van der Waals surface area contributed by atoms with Gasteiger partial charge in [-0.25, -0.2) is 14.4 Å². The summed E-state index contributed by atoms with van der Waals surface area (Å²) in [7, 11) is 0. The van der Waals surface area contributed by atoms with Crippen molar-refractivity contribution in [3.8, 4) is 0 Å². The van der Waals surface area contributed by atoms with Crippen molar-refractivity contribution in [1.82, 2.24) is 15.6 Å². The average molecular weight is 320 g/mol. The van der Waals surface area contributed by atoms with Gasteiger partial charge in [-0.2, -0.15) is 0 Å². The van der Waals surface area contributed by atoms with Crippen LogP contribution < -0.4 is 10.6 Å². The number of hydrogen-bond acceptors (Lipinski definition) is 3. The summed E-state index contributed by atoms with van der Waals surface area (Å²) in [5.41, 5.74) is 3.98. The summed E-state index contributed by atoms with van der Waals surface area (Å²) in [6.45, 7) is 6.22. The fourth-order valence-electron chi connectivity index (χ4n) is 1.95. The van der Waals surface area contributed by atoms with E-state index in [-0.39, 0.29) is 5.82 Å². The highest BCUT2D eigenvalue weighted by atomic mass is 32.1. The first kappa shape index (κ1) is 16.4. The lowest BCUT2D eigenvalue weighted by atomic mass is 10.1. The van der Waals surface area contributed by atoms with E-state index < -0.39 is 0 Å². The van der Waals surface area contributed by atoms with Crippen LogP contribution in [0, 0.1) is 12.7 Å². The van der Waals surface area contributed by atoms with E-state index in [1.165, 1.54) is 17.0 Å². The van der Waals surface area contributed by atoms with Gasteiger partial charge in [0.15, 0.2) is 5.96 Å². The zero-order chi connectivity index (χ0) is 15.8. The molecule has 0 fully saturated rings. The molecule has 2 rings (SSSR count). The number of aryl methyl sites for hydroxylation is 1. The van der Waals surface area contributed by atoms with Gasteiger partial charge in [0.1, 0.15) is 5.82 Å². The van der Waals surface area contributed by atoms with Crippen LogP contribution in [-0.4, -0.2) is 24.0 Å². The standard InChI is InChI=1S/C16H21FN4S/c1-3-18-16(20-10-15-12(2)21-11-22-15)19-9-8-13-4-6-14(17)7-5-13/h4-7,11H,3,8-10H2,1-2H3,(H2,18,19,20). The molecule has 0 amide bonds. The lowest BCUT2D eigenvalue weighted by Crippen LogP contribution is -2.38. The summed E-state index contributed by atoms with van der Waals surface area (Å²) in [5.74, 6) is 0.587. The minimum Gasteiger partial charge on any atom is -0.357 e. The van der Waals surface area contributed by atoms with Crippen LogP contribution in [0.5, 0.6) is 0 Å². The molecule has 0 bridgehead atoms. The van der Waals surface area contributed by atoms with Crippen LogP contribution >= 0.6 is 11.3 Å². The number of aliphatic imine (C=N–C) groups is 1. The van der Waals surface area contributed by atoms with Crippen molar-refractivity contribution in [2.24, 2.45) is 4.99 Å². The van der Waals surface area contributed by atoms with Crippen LogP contribution in [0.15, 0.2) is 34.8 Å². The molecular weight excluding hydrogens is 299 g/mol. The van der Waals surface area contributed by atoms with Gasteiger partial charge >= 0.3 is 0 Å². The zero-order valence-electron chi connectivity index (χ0n) is 12.9. The van der Waals surface area contributed by atoms with E-state index in [1.807, 2.05) is 31.5 Å². The second-order valence-electron chi connectivity index (χ2n) is 4.86. The van der Waals surface area contributed by atoms with Crippen molar-refractivity contribution in [2.75, 3.05) is 13.1 Å². The third-order valence-corrected chi connectivity index (χ3v) is 4.11. The summed E-state index contributed by atoms with van der Waals surface area (Å²) in [6.07, 6.45) is 0.824. The normalized spacial score (nSPS) is 11.5.